The number of carbonyl (C=O) groups is 3. The Morgan fingerprint density at radius 3 is 2.08 bits per heavy atom. The van der Waals surface area contributed by atoms with E-state index in [2.05, 4.69) is 17.0 Å². The van der Waals surface area contributed by atoms with Crippen LogP contribution in [0.3, 0.4) is 0 Å². The van der Waals surface area contributed by atoms with E-state index >= 15 is 0 Å². The first-order chi connectivity index (χ1) is 17.5. The molecule has 0 saturated carbocycles. The largest absolute Gasteiger partial charge is 0.494 e. The third-order valence-electron chi connectivity index (χ3n) is 6.69. The minimum Gasteiger partial charge on any atom is -0.494 e. The molecule has 0 spiro atoms. The van der Waals surface area contributed by atoms with E-state index in [1.165, 1.54) is 10.5 Å². The van der Waals surface area contributed by atoms with E-state index in [-0.39, 0.29) is 24.3 Å². The highest BCUT2D eigenvalue weighted by Crippen LogP contribution is 2.25. The summed E-state index contributed by atoms with van der Waals surface area (Å²) in [5.74, 6) is 0.258. The third kappa shape index (κ3) is 4.88. The van der Waals surface area contributed by atoms with E-state index in [1.54, 1.807) is 36.4 Å². The minimum absolute atomic E-state index is 0.0278. The fourth-order valence-electron chi connectivity index (χ4n) is 4.78. The average molecular weight is 484 g/mol. The molecular weight excluding hydrogens is 454 g/mol. The molecule has 0 N–H and O–H groups in total. The average Bonchev–Trinajstić information content (AvgIpc) is 3.15. The number of nitrogens with zero attached hydrogens (tertiary/aromatic N) is 3. The number of carbonyl (C=O) groups excluding carboxylic acids is 3. The highest BCUT2D eigenvalue weighted by molar-refractivity contribution is 6.21. The van der Waals surface area contributed by atoms with Crippen LogP contribution >= 0.6 is 0 Å². The molecule has 36 heavy (non-hydrogen) atoms. The Bertz CT molecular complexity index is 1240. The van der Waals surface area contributed by atoms with Gasteiger partial charge in [-0.2, -0.15) is 0 Å². The Morgan fingerprint density at radius 2 is 1.44 bits per heavy atom. The maximum Gasteiger partial charge on any atom is 0.261 e. The van der Waals surface area contributed by atoms with E-state index < -0.39 is 0 Å². The number of piperazine rings is 1. The molecule has 3 aromatic carbocycles. The van der Waals surface area contributed by atoms with Gasteiger partial charge in [-0.1, -0.05) is 36.4 Å². The number of ether oxygens (including phenoxy) is 1. The summed E-state index contributed by atoms with van der Waals surface area (Å²) in [7, 11) is 0. The van der Waals surface area contributed by atoms with E-state index in [9.17, 15) is 14.4 Å². The normalized spacial score (nSPS) is 15.8. The van der Waals surface area contributed by atoms with Gasteiger partial charge in [-0.15, -0.1) is 0 Å². The van der Waals surface area contributed by atoms with Crippen molar-refractivity contribution in [2.75, 3.05) is 32.8 Å². The van der Waals surface area contributed by atoms with Crippen LogP contribution in [0.5, 0.6) is 5.75 Å². The molecule has 3 aromatic rings. The van der Waals surface area contributed by atoms with Crippen LogP contribution in [0.2, 0.25) is 0 Å². The number of rotatable bonds is 7. The maximum atomic E-state index is 13.2. The zero-order valence-electron chi connectivity index (χ0n) is 20.4. The summed E-state index contributed by atoms with van der Waals surface area (Å²) in [5.41, 5.74) is 3.41. The molecule has 0 radical (unpaired) electrons. The number of fused-ring (bicyclic) bond motifs is 1. The van der Waals surface area contributed by atoms with Gasteiger partial charge in [-0.25, -0.2) is 0 Å². The van der Waals surface area contributed by atoms with Gasteiger partial charge in [0.25, 0.3) is 17.7 Å². The van der Waals surface area contributed by atoms with Crippen molar-refractivity contribution in [1.29, 1.82) is 0 Å². The Hall–Kier alpha value is -3.97. The second-order valence-electron chi connectivity index (χ2n) is 9.09. The van der Waals surface area contributed by atoms with E-state index in [0.717, 1.165) is 30.9 Å². The molecule has 1 fully saturated rings. The number of hydrogen-bond donors (Lipinski definition) is 0. The van der Waals surface area contributed by atoms with Gasteiger partial charge < -0.3 is 9.64 Å². The topological polar surface area (TPSA) is 70.2 Å². The van der Waals surface area contributed by atoms with Crippen LogP contribution in [0.4, 0.5) is 0 Å². The molecule has 0 unspecified atom stereocenters. The third-order valence-corrected chi connectivity index (χ3v) is 6.69. The fraction of sp³-hybridized carbons (Fsp3) is 0.276. The van der Waals surface area contributed by atoms with Crippen molar-refractivity contribution >= 4 is 17.7 Å². The van der Waals surface area contributed by atoms with Gasteiger partial charge in [0.05, 0.1) is 24.3 Å². The van der Waals surface area contributed by atoms with Crippen molar-refractivity contribution < 1.29 is 19.1 Å². The molecule has 2 aliphatic heterocycles. The highest BCUT2D eigenvalue weighted by atomic mass is 16.5. The molecule has 0 bridgehead atoms. The van der Waals surface area contributed by atoms with Gasteiger partial charge in [0.2, 0.25) is 0 Å². The summed E-state index contributed by atoms with van der Waals surface area (Å²) >= 11 is 0. The van der Waals surface area contributed by atoms with Gasteiger partial charge in [0.15, 0.2) is 0 Å². The van der Waals surface area contributed by atoms with Crippen LogP contribution < -0.4 is 4.74 Å². The van der Waals surface area contributed by atoms with E-state index in [1.807, 2.05) is 36.1 Å². The number of imide groups is 1. The van der Waals surface area contributed by atoms with Crippen molar-refractivity contribution in [3.8, 4) is 5.75 Å². The van der Waals surface area contributed by atoms with Gasteiger partial charge >= 0.3 is 0 Å². The summed E-state index contributed by atoms with van der Waals surface area (Å²) in [6.45, 7) is 6.51. The predicted octanol–water partition coefficient (Wildman–Crippen LogP) is 3.84. The molecule has 0 atom stereocenters. The van der Waals surface area contributed by atoms with Crippen molar-refractivity contribution in [2.45, 2.75) is 20.0 Å². The molecule has 1 saturated heterocycles. The molecule has 7 nitrogen and oxygen atoms in total. The Morgan fingerprint density at radius 1 is 0.778 bits per heavy atom. The first-order valence-corrected chi connectivity index (χ1v) is 12.3. The molecule has 2 aliphatic rings. The summed E-state index contributed by atoms with van der Waals surface area (Å²) in [6, 6.07) is 22.2. The predicted molar refractivity (Wildman–Crippen MR) is 136 cm³/mol. The summed E-state index contributed by atoms with van der Waals surface area (Å²) in [5, 5.41) is 0. The lowest BCUT2D eigenvalue weighted by Crippen LogP contribution is -2.48. The second-order valence-corrected chi connectivity index (χ2v) is 9.09. The van der Waals surface area contributed by atoms with Gasteiger partial charge in [0.1, 0.15) is 5.75 Å². The Kier molecular flexibility index (Phi) is 6.82. The second kappa shape index (κ2) is 10.3. The van der Waals surface area contributed by atoms with Crippen molar-refractivity contribution in [2.24, 2.45) is 0 Å². The number of amides is 3. The SMILES string of the molecule is CCOc1ccc(CN2CCN(C(=O)c3cccc(CN4C(=O)c5ccccc5C4=O)c3)CC2)cc1. The molecule has 5 rings (SSSR count). The molecule has 184 valence electrons. The minimum atomic E-state index is -0.295. The standard InChI is InChI=1S/C29H29N3O4/c1-2-36-24-12-10-21(11-13-24)19-30-14-16-31(17-15-30)27(33)23-7-5-6-22(18-23)20-32-28(34)25-8-3-4-9-26(25)29(32)35/h3-13,18H,2,14-17,19-20H2,1H3. The quantitative estimate of drug-likeness (QED) is 0.478. The van der Waals surface area contributed by atoms with Crippen LogP contribution in [-0.4, -0.2) is 65.2 Å². The maximum absolute atomic E-state index is 13.2. The van der Waals surface area contributed by atoms with E-state index in [0.29, 0.717) is 36.4 Å². The van der Waals surface area contributed by atoms with Crippen LogP contribution in [0.1, 0.15) is 49.1 Å². The van der Waals surface area contributed by atoms with Crippen LogP contribution in [0, 0.1) is 0 Å². The van der Waals surface area contributed by atoms with Crippen molar-refractivity contribution in [3.05, 3.63) is 101 Å². The van der Waals surface area contributed by atoms with Crippen LogP contribution in [0.25, 0.3) is 0 Å². The van der Waals surface area contributed by atoms with Gasteiger partial charge in [-0.05, 0) is 54.4 Å². The Labute approximate surface area is 210 Å². The molecule has 0 aliphatic carbocycles. The lowest BCUT2D eigenvalue weighted by atomic mass is 10.1. The molecule has 0 aromatic heterocycles. The fourth-order valence-corrected chi connectivity index (χ4v) is 4.78. The van der Waals surface area contributed by atoms with Crippen molar-refractivity contribution in [3.63, 3.8) is 0 Å². The van der Waals surface area contributed by atoms with Gasteiger partial charge in [0, 0.05) is 38.3 Å². The molecule has 2 heterocycles. The number of hydrogen-bond acceptors (Lipinski definition) is 5. The zero-order chi connectivity index (χ0) is 25.1. The Balaban J connectivity index is 1.18. The number of benzene rings is 3. The summed E-state index contributed by atoms with van der Waals surface area (Å²) < 4.78 is 5.51. The first kappa shape index (κ1) is 23.8. The first-order valence-electron chi connectivity index (χ1n) is 12.3. The summed E-state index contributed by atoms with van der Waals surface area (Å²) in [4.78, 5) is 44.1. The monoisotopic (exact) mass is 483 g/mol. The van der Waals surface area contributed by atoms with Crippen molar-refractivity contribution in [1.82, 2.24) is 14.7 Å². The smallest absolute Gasteiger partial charge is 0.261 e. The van der Waals surface area contributed by atoms with E-state index in [4.69, 9.17) is 4.74 Å². The zero-order valence-corrected chi connectivity index (χ0v) is 20.4. The van der Waals surface area contributed by atoms with Gasteiger partial charge in [-0.3, -0.25) is 24.2 Å². The lowest BCUT2D eigenvalue weighted by molar-refractivity contribution is 0.0626. The lowest BCUT2D eigenvalue weighted by Gasteiger charge is -2.35. The van der Waals surface area contributed by atoms with Crippen LogP contribution in [-0.2, 0) is 13.1 Å². The molecular formula is C29H29N3O4. The highest BCUT2D eigenvalue weighted by Gasteiger charge is 2.35. The summed E-state index contributed by atoms with van der Waals surface area (Å²) in [6.07, 6.45) is 0. The van der Waals surface area contributed by atoms with Crippen LogP contribution in [0.15, 0.2) is 72.8 Å². The molecule has 3 amide bonds. The molecule has 7 heteroatoms.